The van der Waals surface area contributed by atoms with E-state index < -0.39 is 45.7 Å². The molecule has 1 unspecified atom stereocenters. The number of carbonyl (C=O) groups excluding carboxylic acids is 1. The molecule has 1 N–H and O–H groups in total. The number of likely N-dealkylation sites (tertiary alicyclic amines) is 1. The predicted octanol–water partition coefficient (Wildman–Crippen LogP) is 4.53. The maximum absolute atomic E-state index is 14.8. The lowest BCUT2D eigenvalue weighted by Gasteiger charge is -2.41. The molecular formula is C29H32F3N7O4S. The Morgan fingerprint density at radius 3 is 2.43 bits per heavy atom. The summed E-state index contributed by atoms with van der Waals surface area (Å²) in [6.07, 6.45) is 6.86. The average Bonchev–Trinajstić information content (AvgIpc) is 3.55. The zero-order valence-electron chi connectivity index (χ0n) is 24.2. The van der Waals surface area contributed by atoms with Gasteiger partial charge < -0.3 is 9.64 Å². The van der Waals surface area contributed by atoms with Crippen molar-refractivity contribution < 1.29 is 31.1 Å². The van der Waals surface area contributed by atoms with Gasteiger partial charge in [-0.15, -0.1) is 0 Å². The van der Waals surface area contributed by atoms with Crippen LogP contribution in [0.2, 0.25) is 0 Å². The summed E-state index contributed by atoms with van der Waals surface area (Å²) in [7, 11) is -3.84. The number of nitrogens with one attached hydrogen (secondary N) is 1. The molecule has 1 aliphatic carbocycles. The van der Waals surface area contributed by atoms with Crippen LogP contribution < -0.4 is 9.46 Å². The number of amides is 2. The van der Waals surface area contributed by atoms with Crippen molar-refractivity contribution in [3.63, 3.8) is 0 Å². The fourth-order valence-corrected chi connectivity index (χ4v) is 7.69. The highest BCUT2D eigenvalue weighted by Crippen LogP contribution is 2.32. The van der Waals surface area contributed by atoms with Gasteiger partial charge in [-0.1, -0.05) is 19.3 Å². The maximum Gasteiger partial charge on any atom is 0.341 e. The minimum atomic E-state index is -3.84. The van der Waals surface area contributed by atoms with E-state index in [9.17, 15) is 26.4 Å². The zero-order chi connectivity index (χ0) is 31.2. The van der Waals surface area contributed by atoms with Gasteiger partial charge in [0.2, 0.25) is 10.0 Å². The van der Waals surface area contributed by atoms with E-state index >= 15 is 0 Å². The Labute approximate surface area is 252 Å². The lowest BCUT2D eigenvalue weighted by Crippen LogP contribution is -2.58. The molecule has 1 saturated carbocycles. The van der Waals surface area contributed by atoms with Crippen molar-refractivity contribution in [2.75, 3.05) is 13.1 Å². The van der Waals surface area contributed by atoms with Crippen LogP contribution in [-0.2, 0) is 10.0 Å². The van der Waals surface area contributed by atoms with Crippen molar-refractivity contribution in [2.45, 2.75) is 75.5 Å². The Morgan fingerprint density at radius 2 is 1.73 bits per heavy atom. The molecule has 0 radical (unpaired) electrons. The number of benzene rings is 1. The van der Waals surface area contributed by atoms with Crippen LogP contribution >= 0.6 is 0 Å². The van der Waals surface area contributed by atoms with Crippen LogP contribution in [0.25, 0.3) is 5.82 Å². The molecule has 15 heteroatoms. The molecule has 234 valence electrons. The van der Waals surface area contributed by atoms with E-state index in [1.54, 1.807) is 13.8 Å². The highest BCUT2D eigenvalue weighted by atomic mass is 32.2. The van der Waals surface area contributed by atoms with Crippen molar-refractivity contribution >= 4 is 22.3 Å². The first kappa shape index (κ1) is 30.1. The van der Waals surface area contributed by atoms with Crippen LogP contribution in [0.3, 0.4) is 0 Å². The molecule has 3 aliphatic rings. The van der Waals surface area contributed by atoms with E-state index in [0.717, 1.165) is 44.4 Å². The van der Waals surface area contributed by atoms with Crippen molar-refractivity contribution in [1.29, 1.82) is 0 Å². The molecular weight excluding hydrogens is 599 g/mol. The van der Waals surface area contributed by atoms with Crippen molar-refractivity contribution in [3.8, 4) is 11.6 Å². The Bertz CT molecular complexity index is 1700. The third kappa shape index (κ3) is 5.89. The van der Waals surface area contributed by atoms with Gasteiger partial charge in [-0.25, -0.2) is 45.8 Å². The smallest absolute Gasteiger partial charge is 0.341 e. The summed E-state index contributed by atoms with van der Waals surface area (Å²) in [6.45, 7) is 3.46. The number of hydrogen-bond acceptors (Lipinski definition) is 7. The van der Waals surface area contributed by atoms with Gasteiger partial charge in [-0.05, 0) is 44.4 Å². The van der Waals surface area contributed by atoms with E-state index in [2.05, 4.69) is 19.9 Å². The van der Waals surface area contributed by atoms with Gasteiger partial charge in [0.05, 0.1) is 36.7 Å². The van der Waals surface area contributed by atoms with E-state index in [-0.39, 0.29) is 46.9 Å². The van der Waals surface area contributed by atoms with Crippen LogP contribution in [0.1, 0.15) is 61.5 Å². The van der Waals surface area contributed by atoms with Gasteiger partial charge in [0.1, 0.15) is 22.6 Å². The van der Waals surface area contributed by atoms with Crippen LogP contribution in [0.5, 0.6) is 5.75 Å². The van der Waals surface area contributed by atoms with E-state index in [0.29, 0.717) is 12.1 Å². The molecule has 0 spiro atoms. The standard InChI is InChI=1S/C29H32F3N7O4S/c1-17-28(44(41,42)36-22-6-4-3-5-7-22)18(2)38(35-17)27-13-26(24(32)14-33-27)43-23-15-37(16-23)29(40)39-25(8-9-34-39)19-10-20(30)12-21(31)11-19/h9-14,22-23,25,36H,3-8,15-16H2,1-2H3. The van der Waals surface area contributed by atoms with Crippen molar-refractivity contribution in [2.24, 2.45) is 5.10 Å². The SMILES string of the molecule is Cc1nn(-c2cc(OC3CN(C(=O)N4N=CCC4c4cc(F)cc(F)c4)C3)c(F)cn2)c(C)c1S(=O)(=O)NC1CCCCC1. The average molecular weight is 632 g/mol. The first-order valence-electron chi connectivity index (χ1n) is 14.5. The van der Waals surface area contributed by atoms with E-state index in [1.807, 2.05) is 0 Å². The fraction of sp³-hybridized carbons (Fsp3) is 0.448. The molecule has 2 fully saturated rings. The molecule has 1 atom stereocenters. The monoisotopic (exact) mass is 631 g/mol. The number of rotatable bonds is 7. The van der Waals surface area contributed by atoms with Crippen LogP contribution in [-0.4, -0.2) is 70.6 Å². The number of nitrogens with zero attached hydrogens (tertiary/aromatic N) is 6. The molecule has 0 bridgehead atoms. The Balaban J connectivity index is 1.13. The van der Waals surface area contributed by atoms with Gasteiger partial charge in [-0.2, -0.15) is 10.2 Å². The summed E-state index contributed by atoms with van der Waals surface area (Å²) in [5.41, 5.74) is 0.907. The van der Waals surface area contributed by atoms with E-state index in [4.69, 9.17) is 4.74 Å². The summed E-state index contributed by atoms with van der Waals surface area (Å²) >= 11 is 0. The Hall–Kier alpha value is -3.98. The highest BCUT2D eigenvalue weighted by molar-refractivity contribution is 7.89. The number of carbonyl (C=O) groups is 1. The molecule has 1 aromatic carbocycles. The second kappa shape index (κ2) is 11.8. The summed E-state index contributed by atoms with van der Waals surface area (Å²) < 4.78 is 78.8. The fourth-order valence-electron chi connectivity index (χ4n) is 5.99. The van der Waals surface area contributed by atoms with Crippen LogP contribution in [0, 0.1) is 31.3 Å². The first-order chi connectivity index (χ1) is 21.0. The third-order valence-electron chi connectivity index (χ3n) is 8.15. The summed E-state index contributed by atoms with van der Waals surface area (Å²) in [6, 6.07) is 3.19. The minimum Gasteiger partial charge on any atom is -0.483 e. The minimum absolute atomic E-state index is 0.0636. The second-order valence-electron chi connectivity index (χ2n) is 11.4. The molecule has 4 heterocycles. The molecule has 11 nitrogen and oxygen atoms in total. The molecule has 2 amide bonds. The number of halogens is 3. The number of aryl methyl sites for hydroxylation is 1. The van der Waals surface area contributed by atoms with Gasteiger partial charge in [0.15, 0.2) is 17.4 Å². The van der Waals surface area contributed by atoms with Gasteiger partial charge in [0, 0.05) is 30.8 Å². The van der Waals surface area contributed by atoms with Crippen molar-refractivity contribution in [3.05, 3.63) is 64.9 Å². The number of aromatic nitrogens is 3. The second-order valence-corrected chi connectivity index (χ2v) is 13.0. The van der Waals surface area contributed by atoms with Crippen LogP contribution in [0.15, 0.2) is 40.5 Å². The van der Waals surface area contributed by atoms with Gasteiger partial charge in [-0.3, -0.25) is 0 Å². The molecule has 2 aliphatic heterocycles. The lowest BCUT2D eigenvalue weighted by molar-refractivity contribution is 0.0256. The Morgan fingerprint density at radius 1 is 1.02 bits per heavy atom. The topological polar surface area (TPSA) is 122 Å². The van der Waals surface area contributed by atoms with E-state index in [1.165, 1.54) is 39.0 Å². The molecule has 2 aromatic heterocycles. The molecule has 44 heavy (non-hydrogen) atoms. The zero-order valence-corrected chi connectivity index (χ0v) is 25.0. The first-order valence-corrected chi connectivity index (χ1v) is 16.0. The summed E-state index contributed by atoms with van der Waals surface area (Å²) in [5, 5.41) is 9.66. The Kier molecular flexibility index (Phi) is 8.09. The number of pyridine rings is 1. The van der Waals surface area contributed by atoms with Gasteiger partial charge in [0.25, 0.3) is 0 Å². The molecule has 3 aromatic rings. The normalized spacial score (nSPS) is 19.4. The molecule has 6 rings (SSSR count). The summed E-state index contributed by atoms with van der Waals surface area (Å²) in [5.74, 6) is -2.18. The number of urea groups is 1. The van der Waals surface area contributed by atoms with Gasteiger partial charge >= 0.3 is 6.03 Å². The summed E-state index contributed by atoms with van der Waals surface area (Å²) in [4.78, 5) is 18.7. The largest absolute Gasteiger partial charge is 0.483 e. The lowest BCUT2D eigenvalue weighted by atomic mass is 9.96. The number of ether oxygens (including phenoxy) is 1. The number of hydrazone groups is 1. The highest BCUT2D eigenvalue weighted by Gasteiger charge is 2.39. The van der Waals surface area contributed by atoms with Crippen LogP contribution in [0.4, 0.5) is 18.0 Å². The predicted molar refractivity (Wildman–Crippen MR) is 153 cm³/mol. The maximum atomic E-state index is 14.8. The van der Waals surface area contributed by atoms with Crippen molar-refractivity contribution in [1.82, 2.24) is 29.4 Å². The third-order valence-corrected chi connectivity index (χ3v) is 9.92. The quantitative estimate of drug-likeness (QED) is 0.409. The molecule has 1 saturated heterocycles. The number of hydrogen-bond donors (Lipinski definition) is 1. The number of sulfonamides is 1.